The van der Waals surface area contributed by atoms with Crippen LogP contribution in [-0.2, 0) is 0 Å². The van der Waals surface area contributed by atoms with E-state index in [4.69, 9.17) is 0 Å². The van der Waals surface area contributed by atoms with Crippen molar-refractivity contribution in [1.29, 1.82) is 0 Å². The molecule has 1 atom stereocenters. The molecule has 0 saturated carbocycles. The number of alkyl halides is 3. The molecular formula is C7H11F3N2. The van der Waals surface area contributed by atoms with E-state index in [9.17, 15) is 13.2 Å². The maximum absolute atomic E-state index is 12.0. The van der Waals surface area contributed by atoms with Crippen LogP contribution in [-0.4, -0.2) is 19.4 Å². The highest BCUT2D eigenvalue weighted by atomic mass is 19.4. The topological polar surface area (TPSA) is 24.1 Å². The molecule has 2 nitrogen and oxygen atoms in total. The van der Waals surface area contributed by atoms with E-state index in [0.717, 1.165) is 6.20 Å². The lowest BCUT2D eigenvalue weighted by molar-refractivity contribution is -0.0956. The van der Waals surface area contributed by atoms with Crippen molar-refractivity contribution >= 4 is 0 Å². The molecule has 1 unspecified atom stereocenters. The molecule has 1 aliphatic heterocycles. The fourth-order valence-corrected chi connectivity index (χ4v) is 1.11. The second-order valence-electron chi connectivity index (χ2n) is 2.71. The molecule has 0 bridgehead atoms. The Balaban J connectivity index is 2.56. The molecule has 0 aromatic carbocycles. The third-order valence-corrected chi connectivity index (χ3v) is 1.87. The van der Waals surface area contributed by atoms with E-state index in [-0.39, 0.29) is 12.6 Å². The highest BCUT2D eigenvalue weighted by Gasteiger charge is 2.34. The normalized spacial score (nSPS) is 24.7. The van der Waals surface area contributed by atoms with Gasteiger partial charge in [-0.25, -0.2) is 0 Å². The van der Waals surface area contributed by atoms with Crippen molar-refractivity contribution < 1.29 is 13.2 Å². The molecule has 0 spiro atoms. The third kappa shape index (κ3) is 2.14. The minimum Gasteiger partial charge on any atom is -0.376 e. The van der Waals surface area contributed by atoms with Crippen LogP contribution in [0.5, 0.6) is 0 Å². The van der Waals surface area contributed by atoms with Gasteiger partial charge in [0.05, 0.1) is 6.17 Å². The Hall–Kier alpha value is -0.710. The van der Waals surface area contributed by atoms with Crippen molar-refractivity contribution in [3.8, 4) is 0 Å². The van der Waals surface area contributed by atoms with Crippen molar-refractivity contribution in [3.63, 3.8) is 0 Å². The lowest BCUT2D eigenvalue weighted by atomic mass is 10.1. The minimum atomic E-state index is -4.17. The first kappa shape index (κ1) is 9.38. The predicted molar refractivity (Wildman–Crippen MR) is 39.4 cm³/mol. The SMILES string of the molecule is CNC1CCC(C(F)(F)F)=CN1. The van der Waals surface area contributed by atoms with Gasteiger partial charge in [0.1, 0.15) is 0 Å². The van der Waals surface area contributed by atoms with Gasteiger partial charge in [-0.15, -0.1) is 0 Å². The lowest BCUT2D eigenvalue weighted by Gasteiger charge is -2.24. The third-order valence-electron chi connectivity index (χ3n) is 1.87. The molecule has 0 amide bonds. The van der Waals surface area contributed by atoms with Crippen molar-refractivity contribution in [2.75, 3.05) is 7.05 Å². The zero-order chi connectivity index (χ0) is 9.19. The number of rotatable bonds is 1. The van der Waals surface area contributed by atoms with Crippen molar-refractivity contribution in [2.24, 2.45) is 0 Å². The average Bonchev–Trinajstić information content (AvgIpc) is 2.03. The molecule has 12 heavy (non-hydrogen) atoms. The summed E-state index contributed by atoms with van der Waals surface area (Å²) in [6, 6.07) is 0. The van der Waals surface area contributed by atoms with E-state index in [1.165, 1.54) is 0 Å². The van der Waals surface area contributed by atoms with Gasteiger partial charge in [-0.2, -0.15) is 13.2 Å². The Kier molecular flexibility index (Phi) is 2.62. The maximum Gasteiger partial charge on any atom is 0.414 e. The largest absolute Gasteiger partial charge is 0.414 e. The number of allylic oxidation sites excluding steroid dienone is 1. The van der Waals surface area contributed by atoms with Gasteiger partial charge in [0.25, 0.3) is 0 Å². The first-order chi connectivity index (χ1) is 5.54. The van der Waals surface area contributed by atoms with Gasteiger partial charge in [-0.3, -0.25) is 0 Å². The second-order valence-corrected chi connectivity index (χ2v) is 2.71. The van der Waals surface area contributed by atoms with Crippen molar-refractivity contribution in [3.05, 3.63) is 11.8 Å². The second kappa shape index (κ2) is 3.35. The van der Waals surface area contributed by atoms with Gasteiger partial charge < -0.3 is 10.6 Å². The summed E-state index contributed by atoms with van der Waals surface area (Å²) in [5.74, 6) is 0. The monoisotopic (exact) mass is 180 g/mol. The Morgan fingerprint density at radius 1 is 1.58 bits per heavy atom. The summed E-state index contributed by atoms with van der Waals surface area (Å²) in [4.78, 5) is 0. The summed E-state index contributed by atoms with van der Waals surface area (Å²) in [6.07, 6.45) is -2.60. The van der Waals surface area contributed by atoms with Crippen LogP contribution in [0.1, 0.15) is 12.8 Å². The van der Waals surface area contributed by atoms with Crippen molar-refractivity contribution in [1.82, 2.24) is 10.6 Å². The molecule has 1 rings (SSSR count). The summed E-state index contributed by atoms with van der Waals surface area (Å²) in [7, 11) is 1.71. The standard InChI is InChI=1S/C7H11F3N2/c1-11-6-3-2-5(4-12-6)7(8,9)10/h4,6,11-12H,2-3H2,1H3. The molecule has 0 aromatic heterocycles. The zero-order valence-corrected chi connectivity index (χ0v) is 6.70. The summed E-state index contributed by atoms with van der Waals surface area (Å²) < 4.78 is 36.1. The summed E-state index contributed by atoms with van der Waals surface area (Å²) in [5, 5.41) is 5.49. The van der Waals surface area contributed by atoms with E-state index in [1.807, 2.05) is 0 Å². The highest BCUT2D eigenvalue weighted by molar-refractivity contribution is 5.11. The number of halogens is 3. The molecule has 0 radical (unpaired) electrons. The Morgan fingerprint density at radius 3 is 2.58 bits per heavy atom. The van der Waals surface area contributed by atoms with E-state index in [2.05, 4.69) is 10.6 Å². The Morgan fingerprint density at radius 2 is 2.25 bits per heavy atom. The molecule has 70 valence electrons. The first-order valence-corrected chi connectivity index (χ1v) is 3.73. The number of nitrogens with one attached hydrogen (secondary N) is 2. The van der Waals surface area contributed by atoms with Gasteiger partial charge in [0.15, 0.2) is 0 Å². The molecule has 0 aliphatic carbocycles. The van der Waals surface area contributed by atoms with Crippen LogP contribution in [0, 0.1) is 0 Å². The van der Waals surface area contributed by atoms with Gasteiger partial charge in [-0.05, 0) is 19.9 Å². The maximum atomic E-state index is 12.0. The zero-order valence-electron chi connectivity index (χ0n) is 6.70. The summed E-state index contributed by atoms with van der Waals surface area (Å²) in [5.41, 5.74) is -0.478. The van der Waals surface area contributed by atoms with Crippen LogP contribution in [0.4, 0.5) is 13.2 Å². The summed E-state index contributed by atoms with van der Waals surface area (Å²) in [6.45, 7) is 0. The van der Waals surface area contributed by atoms with E-state index in [0.29, 0.717) is 6.42 Å². The van der Waals surface area contributed by atoms with E-state index < -0.39 is 11.7 Å². The Labute approximate surface area is 68.8 Å². The first-order valence-electron chi connectivity index (χ1n) is 3.73. The minimum absolute atomic E-state index is 0.0314. The lowest BCUT2D eigenvalue weighted by Crippen LogP contribution is -2.40. The van der Waals surface area contributed by atoms with Gasteiger partial charge in [0.2, 0.25) is 0 Å². The smallest absolute Gasteiger partial charge is 0.376 e. The van der Waals surface area contributed by atoms with Gasteiger partial charge in [-0.1, -0.05) is 0 Å². The van der Waals surface area contributed by atoms with Crippen LogP contribution in [0.3, 0.4) is 0 Å². The average molecular weight is 180 g/mol. The van der Waals surface area contributed by atoms with Crippen LogP contribution < -0.4 is 10.6 Å². The van der Waals surface area contributed by atoms with Crippen LogP contribution in [0.2, 0.25) is 0 Å². The molecule has 1 heterocycles. The van der Waals surface area contributed by atoms with Crippen LogP contribution in [0.25, 0.3) is 0 Å². The van der Waals surface area contributed by atoms with E-state index in [1.54, 1.807) is 7.05 Å². The predicted octanol–water partition coefficient (Wildman–Crippen LogP) is 1.36. The molecule has 0 saturated heterocycles. The molecule has 5 heteroatoms. The molecule has 0 fully saturated rings. The molecule has 0 aromatic rings. The fourth-order valence-electron chi connectivity index (χ4n) is 1.11. The van der Waals surface area contributed by atoms with Crippen LogP contribution >= 0.6 is 0 Å². The highest BCUT2D eigenvalue weighted by Crippen LogP contribution is 2.30. The summed E-state index contributed by atoms with van der Waals surface area (Å²) >= 11 is 0. The van der Waals surface area contributed by atoms with E-state index >= 15 is 0 Å². The van der Waals surface area contributed by atoms with Crippen molar-refractivity contribution in [2.45, 2.75) is 25.2 Å². The van der Waals surface area contributed by atoms with Gasteiger partial charge >= 0.3 is 6.18 Å². The molecule has 1 aliphatic rings. The van der Waals surface area contributed by atoms with Crippen LogP contribution in [0.15, 0.2) is 11.8 Å². The Bertz CT molecular complexity index is 186. The van der Waals surface area contributed by atoms with Gasteiger partial charge in [0, 0.05) is 11.8 Å². The number of hydrogen-bond acceptors (Lipinski definition) is 2. The molecular weight excluding hydrogens is 169 g/mol. The number of hydrogen-bond donors (Lipinski definition) is 2. The fraction of sp³-hybridized carbons (Fsp3) is 0.714. The quantitative estimate of drug-likeness (QED) is 0.636. The molecule has 2 N–H and O–H groups in total.